The maximum Gasteiger partial charge on any atom is 0.228 e. The van der Waals surface area contributed by atoms with Gasteiger partial charge in [0.05, 0.1) is 6.54 Å². The number of halogens is 1. The fraction of sp³-hybridized carbons (Fsp3) is 0.200. The summed E-state index contributed by atoms with van der Waals surface area (Å²) in [5.74, 6) is 0.247. The fourth-order valence-electron chi connectivity index (χ4n) is 0.463. The van der Waals surface area contributed by atoms with Gasteiger partial charge in [0.2, 0.25) is 17.6 Å². The quantitative estimate of drug-likeness (QED) is 0.646. The van der Waals surface area contributed by atoms with E-state index in [1.54, 1.807) is 0 Å². The number of aldehydes is 1. The summed E-state index contributed by atoms with van der Waals surface area (Å²) in [7, 11) is 0. The first-order valence-electron chi connectivity index (χ1n) is 2.78. The number of rotatable bonds is 3. The van der Waals surface area contributed by atoms with Gasteiger partial charge in [-0.1, -0.05) is 0 Å². The summed E-state index contributed by atoms with van der Waals surface area (Å²) in [5.41, 5.74) is 0. The van der Waals surface area contributed by atoms with Crippen molar-refractivity contribution < 1.29 is 4.79 Å². The molecule has 11 heavy (non-hydrogen) atoms. The van der Waals surface area contributed by atoms with E-state index in [0.29, 0.717) is 6.29 Å². The predicted octanol–water partition coefficient (Wildman–Crippen LogP) is -0.0640. The molecule has 1 aromatic heterocycles. The molecular formula is C5H4ClN4O. The Kier molecular flexibility index (Phi) is 2.74. The van der Waals surface area contributed by atoms with Crippen LogP contribution in [0.15, 0.2) is 0 Å². The lowest BCUT2D eigenvalue weighted by Crippen LogP contribution is -2.06. The van der Waals surface area contributed by atoms with Gasteiger partial charge in [-0.15, -0.1) is 0 Å². The van der Waals surface area contributed by atoms with Gasteiger partial charge in [0.25, 0.3) is 0 Å². The van der Waals surface area contributed by atoms with Crippen LogP contribution in [0.1, 0.15) is 0 Å². The minimum Gasteiger partial charge on any atom is -0.347 e. The molecule has 57 valence electrons. The summed E-state index contributed by atoms with van der Waals surface area (Å²) >= 11 is 5.40. The zero-order valence-corrected chi connectivity index (χ0v) is 6.17. The predicted molar refractivity (Wildman–Crippen MR) is 38.2 cm³/mol. The number of carbonyl (C=O) groups excluding carboxylic acids is 1. The molecular weight excluding hydrogens is 168 g/mol. The lowest BCUT2D eigenvalue weighted by Gasteiger charge is -1.96. The Morgan fingerprint density at radius 2 is 2.45 bits per heavy atom. The van der Waals surface area contributed by atoms with E-state index in [0.717, 1.165) is 0 Å². The number of nitrogens with zero attached hydrogens (tertiary/aromatic N) is 3. The normalized spacial score (nSPS) is 9.18. The molecule has 0 amide bonds. The van der Waals surface area contributed by atoms with Crippen LogP contribution in [0.5, 0.6) is 0 Å². The second-order valence-corrected chi connectivity index (χ2v) is 1.91. The highest BCUT2D eigenvalue weighted by atomic mass is 35.5. The van der Waals surface area contributed by atoms with Crippen molar-refractivity contribution in [3.63, 3.8) is 0 Å². The molecule has 0 spiro atoms. The fourth-order valence-corrected chi connectivity index (χ4v) is 0.581. The van der Waals surface area contributed by atoms with E-state index >= 15 is 0 Å². The Balaban J connectivity index is 2.63. The van der Waals surface area contributed by atoms with Crippen LogP contribution in [-0.2, 0) is 4.79 Å². The zero-order valence-electron chi connectivity index (χ0n) is 5.41. The molecule has 1 rings (SSSR count). The smallest absolute Gasteiger partial charge is 0.228 e. The zero-order chi connectivity index (χ0) is 8.10. The largest absolute Gasteiger partial charge is 0.347 e. The summed E-state index contributed by atoms with van der Waals surface area (Å²) in [6.45, 7) is 0.147. The maximum atomic E-state index is 9.89. The molecule has 1 radical (unpaired) electrons. The molecule has 1 aromatic rings. The number of nitrogens with one attached hydrogen (secondary N) is 1. The SMILES string of the molecule is O=CCNc1n[c]nc(Cl)n1. The van der Waals surface area contributed by atoms with Crippen molar-refractivity contribution in [2.45, 2.75) is 0 Å². The lowest BCUT2D eigenvalue weighted by atomic mass is 10.7. The molecule has 6 heteroatoms. The van der Waals surface area contributed by atoms with E-state index in [1.807, 2.05) is 0 Å². The highest BCUT2D eigenvalue weighted by molar-refractivity contribution is 6.28. The average Bonchev–Trinajstić information content (AvgIpc) is 2.01. The Morgan fingerprint density at radius 1 is 1.64 bits per heavy atom. The van der Waals surface area contributed by atoms with Crippen LogP contribution in [0, 0.1) is 6.33 Å². The van der Waals surface area contributed by atoms with Gasteiger partial charge in [-0.3, -0.25) is 0 Å². The molecule has 1 N–H and O–H groups in total. The van der Waals surface area contributed by atoms with Crippen molar-refractivity contribution in [3.05, 3.63) is 11.6 Å². The first-order valence-corrected chi connectivity index (χ1v) is 3.16. The Hall–Kier alpha value is -1.23. The highest BCUT2D eigenvalue weighted by Crippen LogP contribution is 1.99. The average molecular weight is 172 g/mol. The lowest BCUT2D eigenvalue weighted by molar-refractivity contribution is -0.106. The molecule has 5 nitrogen and oxygen atoms in total. The number of anilines is 1. The Labute approximate surface area is 67.8 Å². The number of hydrogen-bond donors (Lipinski definition) is 1. The molecule has 0 aromatic carbocycles. The molecule has 0 saturated carbocycles. The van der Waals surface area contributed by atoms with Gasteiger partial charge in [0.15, 0.2) is 0 Å². The van der Waals surface area contributed by atoms with Crippen molar-refractivity contribution in [3.8, 4) is 0 Å². The van der Waals surface area contributed by atoms with Gasteiger partial charge in [-0.2, -0.15) is 15.0 Å². The standard InChI is InChI=1S/C5H4ClN4O/c6-4-8-3-9-5(10-4)7-1-2-11/h2H,1H2,(H,7,8,9,10). The van der Waals surface area contributed by atoms with Crippen LogP contribution in [0.3, 0.4) is 0 Å². The molecule has 0 fully saturated rings. The third kappa shape index (κ3) is 2.46. The summed E-state index contributed by atoms with van der Waals surface area (Å²) in [6, 6.07) is 0. The summed E-state index contributed by atoms with van der Waals surface area (Å²) in [5, 5.41) is 2.64. The van der Waals surface area contributed by atoms with Crippen LogP contribution >= 0.6 is 11.6 Å². The van der Waals surface area contributed by atoms with Crippen molar-refractivity contribution in [2.75, 3.05) is 11.9 Å². The third-order valence-corrected chi connectivity index (χ3v) is 1.01. The second kappa shape index (κ2) is 3.82. The number of aromatic nitrogens is 3. The summed E-state index contributed by atoms with van der Waals surface area (Å²) < 4.78 is 0. The van der Waals surface area contributed by atoms with Crippen molar-refractivity contribution in [2.24, 2.45) is 0 Å². The van der Waals surface area contributed by atoms with Crippen LogP contribution in [0.4, 0.5) is 5.95 Å². The van der Waals surface area contributed by atoms with Crippen molar-refractivity contribution in [1.82, 2.24) is 15.0 Å². The minimum absolute atomic E-state index is 0.0494. The molecule has 0 aliphatic heterocycles. The van der Waals surface area contributed by atoms with Crippen LogP contribution in [0.25, 0.3) is 0 Å². The molecule has 0 bridgehead atoms. The van der Waals surface area contributed by atoms with Gasteiger partial charge in [-0.05, 0) is 11.6 Å². The first-order chi connectivity index (χ1) is 5.33. The van der Waals surface area contributed by atoms with E-state index in [4.69, 9.17) is 11.6 Å². The van der Waals surface area contributed by atoms with Gasteiger partial charge >= 0.3 is 0 Å². The minimum atomic E-state index is 0.0494. The highest BCUT2D eigenvalue weighted by Gasteiger charge is 1.95. The number of hydrogen-bond acceptors (Lipinski definition) is 5. The van der Waals surface area contributed by atoms with E-state index in [-0.39, 0.29) is 17.8 Å². The first kappa shape index (κ1) is 7.87. The van der Waals surface area contributed by atoms with Crippen molar-refractivity contribution >= 4 is 23.8 Å². The van der Waals surface area contributed by atoms with Crippen LogP contribution < -0.4 is 5.32 Å². The van der Waals surface area contributed by atoms with E-state index < -0.39 is 0 Å². The maximum absolute atomic E-state index is 9.89. The van der Waals surface area contributed by atoms with E-state index in [9.17, 15) is 4.79 Å². The van der Waals surface area contributed by atoms with Gasteiger partial charge in [0, 0.05) is 0 Å². The third-order valence-electron chi connectivity index (χ3n) is 0.840. The van der Waals surface area contributed by atoms with Crippen molar-refractivity contribution in [1.29, 1.82) is 0 Å². The summed E-state index contributed by atoms with van der Waals surface area (Å²) in [4.78, 5) is 20.6. The topological polar surface area (TPSA) is 67.8 Å². The van der Waals surface area contributed by atoms with E-state index in [1.165, 1.54) is 0 Å². The summed E-state index contributed by atoms with van der Waals surface area (Å²) in [6.07, 6.45) is 2.96. The van der Waals surface area contributed by atoms with Crippen LogP contribution in [0.2, 0.25) is 5.28 Å². The molecule has 0 atom stereocenters. The van der Waals surface area contributed by atoms with Gasteiger partial charge in [-0.25, -0.2) is 0 Å². The molecule has 0 aliphatic carbocycles. The number of carbonyl (C=O) groups is 1. The Morgan fingerprint density at radius 3 is 3.09 bits per heavy atom. The van der Waals surface area contributed by atoms with Gasteiger partial charge in [0.1, 0.15) is 6.29 Å². The Bertz CT molecular complexity index is 254. The second-order valence-electron chi connectivity index (χ2n) is 1.58. The molecule has 1 heterocycles. The molecule has 0 unspecified atom stereocenters. The monoisotopic (exact) mass is 171 g/mol. The molecule has 0 aliphatic rings. The van der Waals surface area contributed by atoms with Crippen LogP contribution in [-0.4, -0.2) is 27.8 Å². The molecule has 0 saturated heterocycles. The van der Waals surface area contributed by atoms with E-state index in [2.05, 4.69) is 26.6 Å². The van der Waals surface area contributed by atoms with Gasteiger partial charge < -0.3 is 10.1 Å².